The lowest BCUT2D eigenvalue weighted by molar-refractivity contribution is -0.198. The van der Waals surface area contributed by atoms with Gasteiger partial charge >= 0.3 is 0 Å². The molecule has 9 nitrogen and oxygen atoms in total. The third-order valence-corrected chi connectivity index (χ3v) is 7.11. The highest BCUT2D eigenvalue weighted by atomic mass is 16.8. The van der Waals surface area contributed by atoms with Gasteiger partial charge in [-0.25, -0.2) is 15.0 Å². The molecule has 186 valence electrons. The monoisotopic (exact) mass is 479 g/mol. The molecule has 4 heterocycles. The summed E-state index contributed by atoms with van der Waals surface area (Å²) in [5, 5.41) is 3.56. The van der Waals surface area contributed by atoms with Gasteiger partial charge in [-0.3, -0.25) is 4.57 Å². The summed E-state index contributed by atoms with van der Waals surface area (Å²) in [6, 6.07) is 10.6. The lowest BCUT2D eigenvalue weighted by Gasteiger charge is -2.24. The maximum absolute atomic E-state index is 6.51. The van der Waals surface area contributed by atoms with Crippen LogP contribution in [0.25, 0.3) is 11.2 Å². The summed E-state index contributed by atoms with van der Waals surface area (Å²) in [6.45, 7) is 5.04. The van der Waals surface area contributed by atoms with Gasteiger partial charge in [0.1, 0.15) is 18.5 Å². The predicted molar refractivity (Wildman–Crippen MR) is 130 cm³/mol. The van der Waals surface area contributed by atoms with Crippen molar-refractivity contribution in [2.45, 2.75) is 88.9 Å². The number of anilines is 1. The number of hydrogen-bond donors (Lipinski definition) is 1. The van der Waals surface area contributed by atoms with E-state index in [0.717, 1.165) is 35.4 Å². The molecular weight excluding hydrogens is 446 g/mol. The molecular formula is C26H33N5O4. The normalized spacial score (nSPS) is 28.1. The number of nitrogens with zero attached hydrogens (tertiary/aromatic N) is 4. The van der Waals surface area contributed by atoms with Crippen molar-refractivity contribution in [1.29, 1.82) is 0 Å². The number of imidazole rings is 1. The molecule has 9 heteroatoms. The molecule has 35 heavy (non-hydrogen) atoms. The molecule has 3 fully saturated rings. The third-order valence-electron chi connectivity index (χ3n) is 7.11. The summed E-state index contributed by atoms with van der Waals surface area (Å²) >= 11 is 0. The average molecular weight is 480 g/mol. The van der Waals surface area contributed by atoms with Gasteiger partial charge in [0.05, 0.1) is 19.0 Å². The van der Waals surface area contributed by atoms with Gasteiger partial charge in [0.25, 0.3) is 0 Å². The molecule has 3 aliphatic rings. The Labute approximate surface area is 205 Å². The number of nitrogens with one attached hydrogen (secondary N) is 1. The molecule has 2 saturated heterocycles. The second kappa shape index (κ2) is 9.46. The van der Waals surface area contributed by atoms with Gasteiger partial charge in [0.2, 0.25) is 0 Å². The predicted octanol–water partition coefficient (Wildman–Crippen LogP) is 4.21. The van der Waals surface area contributed by atoms with Crippen LogP contribution in [-0.2, 0) is 25.6 Å². The molecule has 1 saturated carbocycles. The van der Waals surface area contributed by atoms with Crippen molar-refractivity contribution in [2.24, 2.45) is 0 Å². The van der Waals surface area contributed by atoms with Crippen LogP contribution >= 0.6 is 0 Å². The number of ether oxygens (including phenoxy) is 4. The van der Waals surface area contributed by atoms with Gasteiger partial charge in [0.15, 0.2) is 29.0 Å². The molecule has 2 aromatic heterocycles. The molecule has 6 rings (SSSR count). The Morgan fingerprint density at radius 2 is 1.86 bits per heavy atom. The van der Waals surface area contributed by atoms with Crippen molar-refractivity contribution in [2.75, 3.05) is 11.9 Å². The maximum atomic E-state index is 6.51. The molecule has 3 aromatic rings. The van der Waals surface area contributed by atoms with Crippen LogP contribution in [0.2, 0.25) is 0 Å². The molecule has 1 aliphatic carbocycles. The molecule has 1 N–H and O–H groups in total. The fourth-order valence-electron chi connectivity index (χ4n) is 5.49. The van der Waals surface area contributed by atoms with Crippen LogP contribution in [0.4, 0.5) is 5.82 Å². The van der Waals surface area contributed by atoms with Crippen LogP contribution in [-0.4, -0.2) is 56.3 Å². The SMILES string of the molecule is CC1(C)OC2C(CCOCc3ccccc3)OC(n3cnc4c(NC5CCCC5)ncnc43)C2O1. The smallest absolute Gasteiger partial charge is 0.167 e. The average Bonchev–Trinajstić information content (AvgIpc) is 3.62. The first-order valence-electron chi connectivity index (χ1n) is 12.6. The van der Waals surface area contributed by atoms with E-state index in [-0.39, 0.29) is 24.5 Å². The molecule has 0 spiro atoms. The van der Waals surface area contributed by atoms with E-state index in [0.29, 0.717) is 25.7 Å². The Morgan fingerprint density at radius 3 is 2.69 bits per heavy atom. The van der Waals surface area contributed by atoms with Gasteiger partial charge < -0.3 is 24.3 Å². The van der Waals surface area contributed by atoms with Crippen molar-refractivity contribution in [3.05, 3.63) is 48.5 Å². The minimum Gasteiger partial charge on any atom is -0.377 e. The number of rotatable bonds is 8. The summed E-state index contributed by atoms with van der Waals surface area (Å²) in [5.41, 5.74) is 2.65. The molecule has 0 bridgehead atoms. The third kappa shape index (κ3) is 4.65. The Bertz CT molecular complexity index is 1150. The Morgan fingerprint density at radius 1 is 1.06 bits per heavy atom. The summed E-state index contributed by atoms with van der Waals surface area (Å²) < 4.78 is 27.0. The fourth-order valence-corrected chi connectivity index (χ4v) is 5.49. The second-order valence-electron chi connectivity index (χ2n) is 10.1. The van der Waals surface area contributed by atoms with E-state index in [2.05, 4.69) is 32.4 Å². The molecule has 0 radical (unpaired) electrons. The van der Waals surface area contributed by atoms with Crippen LogP contribution in [0, 0.1) is 0 Å². The van der Waals surface area contributed by atoms with Crippen molar-refractivity contribution in [3.63, 3.8) is 0 Å². The van der Waals surface area contributed by atoms with Gasteiger partial charge in [-0.2, -0.15) is 0 Å². The molecule has 0 amide bonds. The maximum Gasteiger partial charge on any atom is 0.167 e. The number of aromatic nitrogens is 4. The zero-order valence-corrected chi connectivity index (χ0v) is 20.3. The van der Waals surface area contributed by atoms with Gasteiger partial charge in [-0.15, -0.1) is 0 Å². The standard InChI is InChI=1S/C26H33N5O4/c1-26(2)34-21-19(12-13-32-14-17-8-4-3-5-9-17)33-25(22(21)35-26)31-16-29-20-23(27-15-28-24(20)31)30-18-10-6-7-11-18/h3-5,8-9,15-16,18-19,21-22,25H,6-7,10-14H2,1-2H3,(H,27,28,30). The van der Waals surface area contributed by atoms with E-state index in [1.165, 1.54) is 12.8 Å². The first-order chi connectivity index (χ1) is 17.1. The fraction of sp³-hybridized carbons (Fsp3) is 0.577. The largest absolute Gasteiger partial charge is 0.377 e. The van der Waals surface area contributed by atoms with E-state index < -0.39 is 5.79 Å². The highest BCUT2D eigenvalue weighted by Gasteiger charge is 2.55. The summed E-state index contributed by atoms with van der Waals surface area (Å²) in [6.07, 6.45) is 7.92. The first kappa shape index (κ1) is 22.8. The quantitative estimate of drug-likeness (QED) is 0.481. The van der Waals surface area contributed by atoms with E-state index in [1.807, 2.05) is 36.6 Å². The lowest BCUT2D eigenvalue weighted by Crippen LogP contribution is -2.30. The van der Waals surface area contributed by atoms with Gasteiger partial charge in [-0.1, -0.05) is 43.2 Å². The van der Waals surface area contributed by atoms with Crippen LogP contribution < -0.4 is 5.32 Å². The highest BCUT2D eigenvalue weighted by molar-refractivity contribution is 5.82. The van der Waals surface area contributed by atoms with E-state index in [4.69, 9.17) is 18.9 Å². The van der Waals surface area contributed by atoms with Crippen molar-refractivity contribution < 1.29 is 18.9 Å². The lowest BCUT2D eigenvalue weighted by atomic mass is 10.1. The van der Waals surface area contributed by atoms with Gasteiger partial charge in [-0.05, 0) is 38.7 Å². The molecule has 4 atom stereocenters. The second-order valence-corrected chi connectivity index (χ2v) is 10.1. The summed E-state index contributed by atoms with van der Waals surface area (Å²) in [7, 11) is 0. The first-order valence-corrected chi connectivity index (χ1v) is 12.6. The Balaban J connectivity index is 1.19. The summed E-state index contributed by atoms with van der Waals surface area (Å²) in [4.78, 5) is 13.7. The number of fused-ring (bicyclic) bond motifs is 2. The minimum atomic E-state index is -0.679. The zero-order valence-electron chi connectivity index (χ0n) is 20.3. The zero-order chi connectivity index (χ0) is 23.8. The van der Waals surface area contributed by atoms with E-state index >= 15 is 0 Å². The van der Waals surface area contributed by atoms with Crippen molar-refractivity contribution in [3.8, 4) is 0 Å². The Hall–Kier alpha value is -2.59. The minimum absolute atomic E-state index is 0.155. The number of hydrogen-bond acceptors (Lipinski definition) is 8. The Kier molecular flexibility index (Phi) is 6.18. The molecule has 2 aliphatic heterocycles. The van der Waals surface area contributed by atoms with Crippen molar-refractivity contribution in [1.82, 2.24) is 19.5 Å². The van der Waals surface area contributed by atoms with Crippen LogP contribution in [0.5, 0.6) is 0 Å². The van der Waals surface area contributed by atoms with Crippen LogP contribution in [0.15, 0.2) is 43.0 Å². The topological polar surface area (TPSA) is 92.6 Å². The van der Waals surface area contributed by atoms with E-state index in [1.54, 1.807) is 12.7 Å². The molecule has 1 aromatic carbocycles. The van der Waals surface area contributed by atoms with Crippen LogP contribution in [0.1, 0.15) is 57.7 Å². The molecule has 4 unspecified atom stereocenters. The number of benzene rings is 1. The van der Waals surface area contributed by atoms with Crippen molar-refractivity contribution >= 4 is 17.0 Å². The van der Waals surface area contributed by atoms with Gasteiger partial charge in [0, 0.05) is 12.6 Å². The van der Waals surface area contributed by atoms with E-state index in [9.17, 15) is 0 Å². The van der Waals surface area contributed by atoms with Crippen LogP contribution in [0.3, 0.4) is 0 Å². The summed E-state index contributed by atoms with van der Waals surface area (Å²) in [5.74, 6) is 0.103. The highest BCUT2D eigenvalue weighted by Crippen LogP contribution is 2.44.